The summed E-state index contributed by atoms with van der Waals surface area (Å²) in [6.45, 7) is 6.14. The third kappa shape index (κ3) is 6.36. The number of benzene rings is 1. The highest BCUT2D eigenvalue weighted by molar-refractivity contribution is 7.10. The molecule has 2 aromatic heterocycles. The predicted molar refractivity (Wildman–Crippen MR) is 140 cm³/mol. The zero-order valence-electron chi connectivity index (χ0n) is 20.2. The molecule has 1 fully saturated rings. The Morgan fingerprint density at radius 1 is 1.14 bits per heavy atom. The molecule has 1 N–H and O–H groups in total. The van der Waals surface area contributed by atoms with Crippen molar-refractivity contribution in [2.24, 2.45) is 0 Å². The lowest BCUT2D eigenvalue weighted by Gasteiger charge is -2.32. The van der Waals surface area contributed by atoms with E-state index >= 15 is 0 Å². The van der Waals surface area contributed by atoms with Crippen molar-refractivity contribution in [1.82, 2.24) is 15.2 Å². The van der Waals surface area contributed by atoms with E-state index < -0.39 is 0 Å². The zero-order chi connectivity index (χ0) is 24.6. The number of nitrogens with zero attached hydrogens (tertiary/aromatic N) is 2. The molecule has 2 amide bonds. The number of piperidine rings is 1. The Morgan fingerprint density at radius 2 is 1.94 bits per heavy atom. The van der Waals surface area contributed by atoms with Crippen LogP contribution in [0.25, 0.3) is 6.08 Å². The van der Waals surface area contributed by atoms with Gasteiger partial charge in [0, 0.05) is 47.8 Å². The second-order valence-corrected chi connectivity index (χ2v) is 9.54. The maximum atomic E-state index is 13.2. The van der Waals surface area contributed by atoms with Gasteiger partial charge in [-0.05, 0) is 62.4 Å². The molecule has 6 nitrogen and oxygen atoms in total. The molecule has 1 aromatic carbocycles. The molecule has 7 heteroatoms. The molecular formula is C28H31N3O3S. The Labute approximate surface area is 210 Å². The van der Waals surface area contributed by atoms with Gasteiger partial charge in [0.25, 0.3) is 5.91 Å². The highest BCUT2D eigenvalue weighted by Gasteiger charge is 2.27. The van der Waals surface area contributed by atoms with Crippen LogP contribution in [0.1, 0.15) is 57.9 Å². The van der Waals surface area contributed by atoms with Gasteiger partial charge in [0.2, 0.25) is 5.91 Å². The molecule has 0 radical (unpaired) electrons. The van der Waals surface area contributed by atoms with Crippen LogP contribution in [0.2, 0.25) is 0 Å². The van der Waals surface area contributed by atoms with E-state index in [9.17, 15) is 9.59 Å². The summed E-state index contributed by atoms with van der Waals surface area (Å²) in [4.78, 5) is 33.5. The van der Waals surface area contributed by atoms with Gasteiger partial charge >= 0.3 is 0 Å². The van der Waals surface area contributed by atoms with Crippen LogP contribution in [-0.2, 0) is 11.3 Å². The van der Waals surface area contributed by atoms with Gasteiger partial charge in [-0.15, -0.1) is 11.3 Å². The van der Waals surface area contributed by atoms with Crippen LogP contribution in [0.4, 0.5) is 0 Å². The summed E-state index contributed by atoms with van der Waals surface area (Å²) in [7, 11) is 0. The van der Waals surface area contributed by atoms with Crippen LogP contribution >= 0.6 is 11.3 Å². The van der Waals surface area contributed by atoms with E-state index in [-0.39, 0.29) is 17.7 Å². The minimum atomic E-state index is -0.142. The summed E-state index contributed by atoms with van der Waals surface area (Å²) in [6.07, 6.45) is 5.08. The molecule has 0 aliphatic carbocycles. The lowest BCUT2D eigenvalue weighted by molar-refractivity contribution is -0.127. The van der Waals surface area contributed by atoms with Gasteiger partial charge in [0.05, 0.1) is 17.9 Å². The molecule has 0 spiro atoms. The average molecular weight is 490 g/mol. The maximum absolute atomic E-state index is 13.2. The molecule has 3 aromatic rings. The van der Waals surface area contributed by atoms with E-state index in [1.54, 1.807) is 17.4 Å². The number of hydrogen-bond acceptors (Lipinski definition) is 5. The molecule has 0 bridgehead atoms. The van der Waals surface area contributed by atoms with Crippen molar-refractivity contribution in [3.63, 3.8) is 0 Å². The van der Waals surface area contributed by atoms with Crippen molar-refractivity contribution >= 4 is 29.2 Å². The zero-order valence-corrected chi connectivity index (χ0v) is 21.0. The minimum Gasteiger partial charge on any atom is -0.494 e. The molecule has 1 aliphatic rings. The number of thiophene rings is 1. The van der Waals surface area contributed by atoms with E-state index in [4.69, 9.17) is 9.72 Å². The van der Waals surface area contributed by atoms with Gasteiger partial charge in [-0.25, -0.2) is 0 Å². The highest BCUT2D eigenvalue weighted by Crippen LogP contribution is 2.30. The summed E-state index contributed by atoms with van der Waals surface area (Å²) < 4.78 is 5.68. The number of pyridine rings is 1. The van der Waals surface area contributed by atoms with Crippen LogP contribution in [0.5, 0.6) is 5.75 Å². The van der Waals surface area contributed by atoms with Crippen molar-refractivity contribution in [2.75, 3.05) is 19.7 Å². The fourth-order valence-corrected chi connectivity index (χ4v) is 4.93. The molecule has 35 heavy (non-hydrogen) atoms. The molecule has 4 rings (SSSR count). The van der Waals surface area contributed by atoms with Crippen molar-refractivity contribution in [3.8, 4) is 5.75 Å². The Bertz CT molecular complexity index is 1180. The van der Waals surface area contributed by atoms with Gasteiger partial charge in [0.15, 0.2) is 0 Å². The molecule has 182 valence electrons. The largest absolute Gasteiger partial charge is 0.494 e. The summed E-state index contributed by atoms with van der Waals surface area (Å²) in [6, 6.07) is 15.4. The first-order valence-electron chi connectivity index (χ1n) is 12.0. The summed E-state index contributed by atoms with van der Waals surface area (Å²) >= 11 is 1.61. The number of nitrogens with one attached hydrogen (secondary N) is 1. The number of likely N-dealkylation sites (tertiary alicyclic amines) is 1. The molecule has 3 heterocycles. The third-order valence-electron chi connectivity index (χ3n) is 6.15. The number of aryl methyl sites for hydroxylation is 1. The fourth-order valence-electron chi connectivity index (χ4n) is 4.32. The molecule has 1 aliphatic heterocycles. The van der Waals surface area contributed by atoms with Crippen LogP contribution in [-0.4, -0.2) is 41.4 Å². The summed E-state index contributed by atoms with van der Waals surface area (Å²) in [5, 5.41) is 5.03. The van der Waals surface area contributed by atoms with Crippen LogP contribution in [0, 0.1) is 6.92 Å². The van der Waals surface area contributed by atoms with E-state index in [1.807, 2.05) is 78.7 Å². The summed E-state index contributed by atoms with van der Waals surface area (Å²) in [5.74, 6) is 0.801. The van der Waals surface area contributed by atoms with Crippen LogP contribution < -0.4 is 10.1 Å². The van der Waals surface area contributed by atoms with Crippen LogP contribution in [0.15, 0.2) is 60.0 Å². The summed E-state index contributed by atoms with van der Waals surface area (Å²) in [5.41, 5.74) is 3.25. The number of rotatable bonds is 8. The van der Waals surface area contributed by atoms with Gasteiger partial charge in [-0.2, -0.15) is 0 Å². The monoisotopic (exact) mass is 489 g/mol. The smallest absolute Gasteiger partial charge is 0.253 e. The first-order chi connectivity index (χ1) is 17.0. The Hall–Kier alpha value is -3.45. The van der Waals surface area contributed by atoms with Gasteiger partial charge < -0.3 is 15.0 Å². The first-order valence-corrected chi connectivity index (χ1v) is 12.9. The van der Waals surface area contributed by atoms with Crippen molar-refractivity contribution in [2.45, 2.75) is 39.2 Å². The number of amides is 2. The number of carbonyl (C=O) groups excluding carboxylic acids is 2. The SMILES string of the molecule is CCOc1ccccc1CNC(=O)c1ccc(C)nc1C1CCN(C(=O)C=Cc2cccs2)CC1. The predicted octanol–water partition coefficient (Wildman–Crippen LogP) is 5.20. The highest BCUT2D eigenvalue weighted by atomic mass is 32.1. The normalized spacial score (nSPS) is 14.3. The Kier molecular flexibility index (Phi) is 8.32. The second kappa shape index (κ2) is 11.8. The third-order valence-corrected chi connectivity index (χ3v) is 6.98. The topological polar surface area (TPSA) is 71.5 Å². The Balaban J connectivity index is 1.41. The minimum absolute atomic E-state index is 0.0278. The van der Waals surface area contributed by atoms with E-state index in [0.29, 0.717) is 31.8 Å². The molecule has 0 saturated carbocycles. The first kappa shape index (κ1) is 24.7. The lowest BCUT2D eigenvalue weighted by atomic mass is 9.89. The lowest BCUT2D eigenvalue weighted by Crippen LogP contribution is -2.37. The van der Waals surface area contributed by atoms with Crippen molar-refractivity contribution < 1.29 is 14.3 Å². The number of aromatic nitrogens is 1. The average Bonchev–Trinajstić information content (AvgIpc) is 3.40. The number of para-hydroxylation sites is 1. The maximum Gasteiger partial charge on any atom is 0.253 e. The Morgan fingerprint density at radius 3 is 2.69 bits per heavy atom. The van der Waals surface area contributed by atoms with E-state index in [2.05, 4.69) is 5.32 Å². The molecular weight excluding hydrogens is 458 g/mol. The van der Waals surface area contributed by atoms with Crippen molar-refractivity contribution in [1.29, 1.82) is 0 Å². The van der Waals surface area contributed by atoms with Gasteiger partial charge in [-0.1, -0.05) is 24.3 Å². The molecule has 1 saturated heterocycles. The van der Waals surface area contributed by atoms with Crippen molar-refractivity contribution in [3.05, 3.63) is 87.4 Å². The van der Waals surface area contributed by atoms with Gasteiger partial charge in [-0.3, -0.25) is 14.6 Å². The number of ether oxygens (including phenoxy) is 1. The van der Waals surface area contributed by atoms with Gasteiger partial charge in [0.1, 0.15) is 5.75 Å². The molecule has 0 atom stereocenters. The number of hydrogen-bond donors (Lipinski definition) is 1. The van der Waals surface area contributed by atoms with E-state index in [1.165, 1.54) is 0 Å². The van der Waals surface area contributed by atoms with E-state index in [0.717, 1.165) is 40.4 Å². The van der Waals surface area contributed by atoms with Crippen LogP contribution in [0.3, 0.4) is 0 Å². The molecule has 0 unspecified atom stereocenters. The fraction of sp³-hybridized carbons (Fsp3) is 0.321. The number of carbonyl (C=O) groups is 2. The second-order valence-electron chi connectivity index (χ2n) is 8.56. The standard InChI is InChI=1S/C28H31N3O3S/c1-3-34-25-9-5-4-7-22(25)19-29-28(33)24-12-10-20(2)30-27(24)21-14-16-31(17-15-21)26(32)13-11-23-8-6-18-35-23/h4-13,18,21H,3,14-17,19H2,1-2H3,(H,29,33). The quantitative estimate of drug-likeness (QED) is 0.442.